The first-order valence-corrected chi connectivity index (χ1v) is 10.2. The predicted octanol–water partition coefficient (Wildman–Crippen LogP) is 1.01. The van der Waals surface area contributed by atoms with E-state index in [0.717, 1.165) is 5.56 Å². The summed E-state index contributed by atoms with van der Waals surface area (Å²) in [4.78, 5) is 16.0. The molecule has 1 saturated heterocycles. The van der Waals surface area contributed by atoms with Gasteiger partial charge in [0.05, 0.1) is 38.5 Å². The van der Waals surface area contributed by atoms with Gasteiger partial charge >= 0.3 is 6.29 Å². The summed E-state index contributed by atoms with van der Waals surface area (Å²) in [6.07, 6.45) is 1.45. The maximum absolute atomic E-state index is 14.0. The fourth-order valence-electron chi connectivity index (χ4n) is 3.51. The first kappa shape index (κ1) is 23.5. The molecule has 1 amide bonds. The minimum Gasteiger partial charge on any atom is -0.497 e. The summed E-state index contributed by atoms with van der Waals surface area (Å²) in [5.41, 5.74) is 7.41. The average Bonchev–Trinajstić information content (AvgIpc) is 3.10. The zero-order valence-corrected chi connectivity index (χ0v) is 18.3. The van der Waals surface area contributed by atoms with Gasteiger partial charge in [-0.15, -0.1) is 8.78 Å². The number of amides is 1. The molecule has 34 heavy (non-hydrogen) atoms. The Bertz CT molecular complexity index is 1090. The van der Waals surface area contributed by atoms with Crippen molar-refractivity contribution in [3.05, 3.63) is 59.1 Å². The maximum atomic E-state index is 14.0. The number of hydrogen-bond acceptors (Lipinski definition) is 10. The molecule has 11 nitrogen and oxygen atoms in total. The van der Waals surface area contributed by atoms with Crippen molar-refractivity contribution in [1.29, 1.82) is 0 Å². The summed E-state index contributed by atoms with van der Waals surface area (Å²) >= 11 is 0. The number of aliphatic hydroxyl groups excluding tert-OH is 1. The largest absolute Gasteiger partial charge is 0.537 e. The van der Waals surface area contributed by atoms with E-state index in [0.29, 0.717) is 18.0 Å². The van der Waals surface area contributed by atoms with E-state index in [1.54, 1.807) is 19.2 Å². The van der Waals surface area contributed by atoms with Gasteiger partial charge in [0.1, 0.15) is 17.8 Å². The van der Waals surface area contributed by atoms with E-state index in [1.165, 1.54) is 36.8 Å². The Hall–Kier alpha value is -3.68. The molecule has 1 aliphatic carbocycles. The number of hydrazine groups is 2. The molecule has 0 saturated carbocycles. The molecule has 0 bridgehead atoms. The van der Waals surface area contributed by atoms with Gasteiger partial charge in [-0.25, -0.2) is 15.2 Å². The topological polar surface area (TPSA) is 126 Å². The van der Waals surface area contributed by atoms with E-state index in [1.807, 2.05) is 6.07 Å². The molecule has 13 heteroatoms. The van der Waals surface area contributed by atoms with E-state index in [2.05, 4.69) is 26.0 Å². The van der Waals surface area contributed by atoms with E-state index in [-0.39, 0.29) is 30.1 Å². The number of alkyl halides is 2. The molecule has 3 aliphatic rings. The summed E-state index contributed by atoms with van der Waals surface area (Å²) in [5, 5.41) is 10.4. The smallest absolute Gasteiger partial charge is 0.497 e. The van der Waals surface area contributed by atoms with Crippen molar-refractivity contribution in [2.24, 2.45) is 4.99 Å². The SMILES string of the molecule is COc1ccc(CNN2C=NC34OC(F)(F)OC3=CC=C(NNC(=O)CCO)C4=C2)c(OC)c1. The number of carbonyl (C=O) groups excluding carboxylic acids is 1. The number of aliphatic hydroxyl groups is 1. The quantitative estimate of drug-likeness (QED) is 0.384. The minimum atomic E-state index is -3.89. The summed E-state index contributed by atoms with van der Waals surface area (Å²) in [5.74, 6) is 0.522. The van der Waals surface area contributed by atoms with E-state index >= 15 is 0 Å². The number of ether oxygens (including phenoxy) is 4. The molecule has 1 unspecified atom stereocenters. The molecule has 1 spiro atoms. The van der Waals surface area contributed by atoms with Gasteiger partial charge in [-0.3, -0.25) is 20.7 Å². The van der Waals surface area contributed by atoms with Crippen molar-refractivity contribution in [3.8, 4) is 11.5 Å². The Morgan fingerprint density at radius 3 is 2.82 bits per heavy atom. The number of rotatable bonds is 9. The third kappa shape index (κ3) is 4.53. The van der Waals surface area contributed by atoms with Gasteiger partial charge in [-0.05, 0) is 18.2 Å². The number of nitrogens with one attached hydrogen (secondary N) is 3. The molecule has 1 fully saturated rings. The normalized spacial score (nSPS) is 21.9. The second-order valence-electron chi connectivity index (χ2n) is 7.28. The van der Waals surface area contributed by atoms with Gasteiger partial charge in [-0.2, -0.15) is 0 Å². The third-order valence-corrected chi connectivity index (χ3v) is 5.14. The highest BCUT2D eigenvalue weighted by atomic mass is 19.3. The van der Waals surface area contributed by atoms with E-state index in [9.17, 15) is 13.6 Å². The van der Waals surface area contributed by atoms with Crippen LogP contribution in [0.25, 0.3) is 0 Å². The van der Waals surface area contributed by atoms with Gasteiger partial charge in [0.15, 0.2) is 5.76 Å². The van der Waals surface area contributed by atoms with Crippen LogP contribution in [-0.2, 0) is 20.8 Å². The van der Waals surface area contributed by atoms with Crippen LogP contribution in [0.15, 0.2) is 58.6 Å². The monoisotopic (exact) mass is 479 g/mol. The van der Waals surface area contributed by atoms with Gasteiger partial charge < -0.3 is 19.3 Å². The molecule has 4 rings (SSSR count). The van der Waals surface area contributed by atoms with Crippen LogP contribution in [0.1, 0.15) is 12.0 Å². The van der Waals surface area contributed by atoms with Crippen LogP contribution >= 0.6 is 0 Å². The van der Waals surface area contributed by atoms with Crippen molar-refractivity contribution in [3.63, 3.8) is 0 Å². The second-order valence-corrected chi connectivity index (χ2v) is 7.28. The molecule has 1 atom stereocenters. The fraction of sp³-hybridized carbons (Fsp3) is 0.333. The Morgan fingerprint density at radius 1 is 1.26 bits per heavy atom. The molecule has 2 heterocycles. The second kappa shape index (κ2) is 9.29. The lowest BCUT2D eigenvalue weighted by molar-refractivity contribution is -0.349. The number of allylic oxidation sites excluding steroid dienone is 2. The fourth-order valence-corrected chi connectivity index (χ4v) is 3.51. The van der Waals surface area contributed by atoms with Crippen LogP contribution < -0.4 is 25.8 Å². The summed E-state index contributed by atoms with van der Waals surface area (Å²) in [6.45, 7) is -0.0465. The van der Waals surface area contributed by atoms with Crippen molar-refractivity contribution < 1.29 is 37.6 Å². The molecular weight excluding hydrogens is 456 g/mol. The predicted molar refractivity (Wildman–Crippen MR) is 114 cm³/mol. The molecule has 4 N–H and O–H groups in total. The Balaban J connectivity index is 1.56. The van der Waals surface area contributed by atoms with Gasteiger partial charge in [0.25, 0.3) is 5.72 Å². The first-order chi connectivity index (χ1) is 16.3. The molecule has 0 aromatic heterocycles. The molecule has 1 aromatic carbocycles. The van der Waals surface area contributed by atoms with Gasteiger partial charge in [-0.1, -0.05) is 6.07 Å². The van der Waals surface area contributed by atoms with Crippen molar-refractivity contribution >= 4 is 12.2 Å². The van der Waals surface area contributed by atoms with Crippen molar-refractivity contribution in [2.45, 2.75) is 25.0 Å². The van der Waals surface area contributed by atoms with Crippen LogP contribution in [0.3, 0.4) is 0 Å². The molecule has 182 valence electrons. The number of methoxy groups -OCH3 is 2. The molecular formula is C21H23F2N5O6. The Morgan fingerprint density at radius 2 is 2.09 bits per heavy atom. The number of aliphatic imine (C=N–C) groups is 1. The highest BCUT2D eigenvalue weighted by molar-refractivity contribution is 5.76. The summed E-state index contributed by atoms with van der Waals surface area (Å²) < 4.78 is 48.1. The van der Waals surface area contributed by atoms with Crippen LogP contribution in [0.5, 0.6) is 11.5 Å². The van der Waals surface area contributed by atoms with Crippen LogP contribution in [0, 0.1) is 0 Å². The highest BCUT2D eigenvalue weighted by Crippen LogP contribution is 2.50. The zero-order valence-electron chi connectivity index (χ0n) is 18.3. The minimum absolute atomic E-state index is 0.140. The van der Waals surface area contributed by atoms with Crippen molar-refractivity contribution in [2.75, 3.05) is 20.8 Å². The Kier molecular flexibility index (Phi) is 6.41. The third-order valence-electron chi connectivity index (χ3n) is 5.14. The van der Waals surface area contributed by atoms with Gasteiger partial charge in [0.2, 0.25) is 5.91 Å². The van der Waals surface area contributed by atoms with Crippen molar-refractivity contribution in [1.82, 2.24) is 21.3 Å². The standard InChI is InChI=1S/C21H23F2N5O6/c1-31-14-4-3-13(17(9-14)32-2)10-25-28-11-15-16(26-27-19(30)7-8-29)5-6-18-20(15,24-12-28)34-21(22,23)33-18/h3-6,9,11-12,25-26,29H,7-8,10H2,1-2H3,(H,27,30). The Labute approximate surface area is 193 Å². The molecule has 1 aromatic rings. The molecule has 0 radical (unpaired) electrons. The average molecular weight is 479 g/mol. The number of hydrogen-bond donors (Lipinski definition) is 4. The first-order valence-electron chi connectivity index (χ1n) is 10.2. The van der Waals surface area contributed by atoms with Gasteiger partial charge in [0, 0.05) is 24.4 Å². The summed E-state index contributed by atoms with van der Waals surface area (Å²) in [7, 11) is 3.09. The van der Waals surface area contributed by atoms with Crippen LogP contribution in [-0.4, -0.2) is 55.2 Å². The maximum Gasteiger partial charge on any atom is 0.537 e. The lowest BCUT2D eigenvalue weighted by Gasteiger charge is -2.34. The number of halogens is 2. The molecule has 2 aliphatic heterocycles. The van der Waals surface area contributed by atoms with E-state index in [4.69, 9.17) is 19.3 Å². The number of carbonyl (C=O) groups is 1. The lowest BCUT2D eigenvalue weighted by Crippen LogP contribution is -2.47. The zero-order chi connectivity index (χ0) is 24.3. The van der Waals surface area contributed by atoms with E-state index < -0.39 is 17.9 Å². The van der Waals surface area contributed by atoms with Crippen LogP contribution in [0.2, 0.25) is 0 Å². The number of nitrogens with zero attached hydrogens (tertiary/aromatic N) is 2. The lowest BCUT2D eigenvalue weighted by atomic mass is 9.93. The number of benzene rings is 1. The van der Waals surface area contributed by atoms with Crippen LogP contribution in [0.4, 0.5) is 8.78 Å². The summed E-state index contributed by atoms with van der Waals surface area (Å²) in [6, 6.07) is 5.33. The highest BCUT2D eigenvalue weighted by Gasteiger charge is 2.62.